The van der Waals surface area contributed by atoms with Gasteiger partial charge in [0.15, 0.2) is 17.5 Å². The Morgan fingerprint density at radius 1 is 0.852 bits per heavy atom. The normalized spacial score (nSPS) is 14.9. The van der Waals surface area contributed by atoms with Crippen LogP contribution < -0.4 is 5.32 Å². The van der Waals surface area contributed by atoms with Crippen LogP contribution >= 0.6 is 0 Å². The summed E-state index contributed by atoms with van der Waals surface area (Å²) in [5, 5.41) is 2.55. The lowest BCUT2D eigenvalue weighted by Crippen LogP contribution is -2.46. The average Bonchev–Trinajstić information content (AvgIpc) is 2.66. The fraction of sp³-hybridized carbons (Fsp3) is 0.263. The van der Waals surface area contributed by atoms with E-state index in [0.717, 1.165) is 6.07 Å². The quantitative estimate of drug-likeness (QED) is 0.656. The van der Waals surface area contributed by atoms with Crippen molar-refractivity contribution in [2.45, 2.75) is 18.9 Å². The van der Waals surface area contributed by atoms with Gasteiger partial charge in [-0.1, -0.05) is 12.1 Å². The van der Waals surface area contributed by atoms with Gasteiger partial charge in [-0.3, -0.25) is 9.59 Å². The van der Waals surface area contributed by atoms with Crippen LogP contribution in [0, 0.1) is 23.3 Å². The van der Waals surface area contributed by atoms with Gasteiger partial charge >= 0.3 is 0 Å². The summed E-state index contributed by atoms with van der Waals surface area (Å²) in [6, 6.07) is 6.86. The molecule has 1 aliphatic heterocycles. The van der Waals surface area contributed by atoms with Crippen molar-refractivity contribution >= 4 is 11.8 Å². The number of amides is 2. The molecule has 0 radical (unpaired) electrons. The minimum absolute atomic E-state index is 0.0242. The largest absolute Gasteiger partial charge is 0.349 e. The van der Waals surface area contributed by atoms with E-state index in [4.69, 9.17) is 0 Å². The number of halogens is 4. The molecule has 0 unspecified atom stereocenters. The van der Waals surface area contributed by atoms with Crippen LogP contribution in [0.25, 0.3) is 0 Å². The minimum atomic E-state index is -1.70. The summed E-state index contributed by atoms with van der Waals surface area (Å²) in [6.45, 7) is 0.552. The minimum Gasteiger partial charge on any atom is -0.349 e. The number of carbonyl (C=O) groups is 2. The maximum absolute atomic E-state index is 13.7. The lowest BCUT2D eigenvalue weighted by Gasteiger charge is -2.32. The van der Waals surface area contributed by atoms with Gasteiger partial charge in [-0.25, -0.2) is 17.6 Å². The molecule has 2 aromatic carbocycles. The smallest absolute Gasteiger partial charge is 0.256 e. The highest BCUT2D eigenvalue weighted by molar-refractivity contribution is 5.95. The number of nitrogens with one attached hydrogen (secondary N) is 1. The number of carbonyl (C=O) groups excluding carboxylic acids is 2. The van der Waals surface area contributed by atoms with E-state index in [9.17, 15) is 27.2 Å². The average molecular weight is 380 g/mol. The molecule has 1 saturated heterocycles. The molecule has 3 rings (SSSR count). The van der Waals surface area contributed by atoms with E-state index in [1.54, 1.807) is 6.07 Å². The lowest BCUT2D eigenvalue weighted by molar-refractivity contribution is 0.0693. The lowest BCUT2D eigenvalue weighted by atomic mass is 10.0. The predicted octanol–water partition coefficient (Wildman–Crippen LogP) is 3.28. The Morgan fingerprint density at radius 3 is 2.19 bits per heavy atom. The summed E-state index contributed by atoms with van der Waals surface area (Å²) in [6.07, 6.45) is 0.745. The Bertz CT molecular complexity index is 880. The third-order valence-electron chi connectivity index (χ3n) is 4.50. The van der Waals surface area contributed by atoms with Gasteiger partial charge in [0.05, 0.1) is 11.1 Å². The molecule has 1 aliphatic rings. The molecule has 2 aromatic rings. The van der Waals surface area contributed by atoms with Crippen LogP contribution in [0.15, 0.2) is 36.4 Å². The van der Waals surface area contributed by atoms with E-state index < -0.39 is 40.6 Å². The van der Waals surface area contributed by atoms with Gasteiger partial charge in [-0.2, -0.15) is 0 Å². The molecule has 1 heterocycles. The fourth-order valence-electron chi connectivity index (χ4n) is 3.00. The van der Waals surface area contributed by atoms with Crippen LogP contribution in [-0.2, 0) is 0 Å². The van der Waals surface area contributed by atoms with Crippen molar-refractivity contribution in [1.29, 1.82) is 0 Å². The number of rotatable bonds is 3. The molecular weight excluding hydrogens is 364 g/mol. The van der Waals surface area contributed by atoms with Gasteiger partial charge in [0.2, 0.25) is 0 Å². The molecule has 0 aromatic heterocycles. The van der Waals surface area contributed by atoms with Gasteiger partial charge in [0.25, 0.3) is 11.8 Å². The monoisotopic (exact) mass is 380 g/mol. The predicted molar refractivity (Wildman–Crippen MR) is 89.1 cm³/mol. The summed E-state index contributed by atoms with van der Waals surface area (Å²) < 4.78 is 53.6. The van der Waals surface area contributed by atoms with E-state index in [2.05, 4.69) is 5.32 Å². The van der Waals surface area contributed by atoms with E-state index in [-0.39, 0.29) is 24.7 Å². The topological polar surface area (TPSA) is 49.4 Å². The highest BCUT2D eigenvalue weighted by atomic mass is 19.2. The van der Waals surface area contributed by atoms with Gasteiger partial charge in [0.1, 0.15) is 5.82 Å². The summed E-state index contributed by atoms with van der Waals surface area (Å²) >= 11 is 0. The van der Waals surface area contributed by atoms with Gasteiger partial charge in [-0.05, 0) is 37.1 Å². The highest BCUT2D eigenvalue weighted by Crippen LogP contribution is 2.18. The number of hydrogen-bond acceptors (Lipinski definition) is 2. The summed E-state index contributed by atoms with van der Waals surface area (Å²) in [5.74, 6) is -6.52. The SMILES string of the molecule is O=C(NC1CCN(C(=O)c2ccccc2F)CC1)c1ccc(F)c(F)c1F. The van der Waals surface area contributed by atoms with Crippen LogP contribution in [0.2, 0.25) is 0 Å². The standard InChI is InChI=1S/C19H16F4N2O2/c20-14-4-2-1-3-12(14)19(27)25-9-7-11(8-10-25)24-18(26)13-5-6-15(21)17(23)16(13)22/h1-6,11H,7-10H2,(H,24,26). The third kappa shape index (κ3) is 3.94. The number of hydrogen-bond donors (Lipinski definition) is 1. The molecule has 4 nitrogen and oxygen atoms in total. The van der Waals surface area contributed by atoms with Crippen LogP contribution in [0.4, 0.5) is 17.6 Å². The summed E-state index contributed by atoms with van der Waals surface area (Å²) in [5.41, 5.74) is -0.609. The zero-order chi connectivity index (χ0) is 19.6. The van der Waals surface area contributed by atoms with Gasteiger partial charge in [0, 0.05) is 19.1 Å². The Kier molecular flexibility index (Phi) is 5.43. The fourth-order valence-corrected chi connectivity index (χ4v) is 3.00. The van der Waals surface area contributed by atoms with Crippen LogP contribution in [0.3, 0.4) is 0 Å². The molecule has 0 bridgehead atoms. The van der Waals surface area contributed by atoms with Crippen LogP contribution in [0.1, 0.15) is 33.6 Å². The van der Waals surface area contributed by atoms with Gasteiger partial charge in [-0.15, -0.1) is 0 Å². The van der Waals surface area contributed by atoms with Crippen molar-refractivity contribution in [1.82, 2.24) is 10.2 Å². The Balaban J connectivity index is 1.60. The summed E-state index contributed by atoms with van der Waals surface area (Å²) in [7, 11) is 0. The third-order valence-corrected chi connectivity index (χ3v) is 4.50. The van der Waals surface area contributed by atoms with Crippen molar-refractivity contribution in [2.24, 2.45) is 0 Å². The van der Waals surface area contributed by atoms with Gasteiger partial charge < -0.3 is 10.2 Å². The first-order valence-electron chi connectivity index (χ1n) is 8.36. The zero-order valence-electron chi connectivity index (χ0n) is 14.1. The first-order valence-corrected chi connectivity index (χ1v) is 8.36. The second-order valence-electron chi connectivity index (χ2n) is 6.24. The molecule has 1 N–H and O–H groups in total. The maximum Gasteiger partial charge on any atom is 0.256 e. The van der Waals surface area contributed by atoms with E-state index in [0.29, 0.717) is 18.9 Å². The van der Waals surface area contributed by atoms with Crippen molar-refractivity contribution < 1.29 is 27.2 Å². The van der Waals surface area contributed by atoms with Crippen LogP contribution in [-0.4, -0.2) is 35.8 Å². The number of nitrogens with zero attached hydrogens (tertiary/aromatic N) is 1. The van der Waals surface area contributed by atoms with E-state index in [1.165, 1.54) is 23.1 Å². The van der Waals surface area contributed by atoms with Crippen molar-refractivity contribution in [2.75, 3.05) is 13.1 Å². The zero-order valence-corrected chi connectivity index (χ0v) is 14.1. The molecule has 0 spiro atoms. The first kappa shape index (κ1) is 18.9. The van der Waals surface area contributed by atoms with E-state index in [1.807, 2.05) is 0 Å². The highest BCUT2D eigenvalue weighted by Gasteiger charge is 2.27. The van der Waals surface area contributed by atoms with Crippen molar-refractivity contribution in [3.05, 3.63) is 70.8 Å². The number of benzene rings is 2. The molecule has 0 atom stereocenters. The second kappa shape index (κ2) is 7.77. The second-order valence-corrected chi connectivity index (χ2v) is 6.24. The molecule has 27 heavy (non-hydrogen) atoms. The number of likely N-dealkylation sites (tertiary alicyclic amines) is 1. The number of piperidine rings is 1. The molecule has 142 valence electrons. The van der Waals surface area contributed by atoms with Crippen molar-refractivity contribution in [3.8, 4) is 0 Å². The van der Waals surface area contributed by atoms with Crippen molar-refractivity contribution in [3.63, 3.8) is 0 Å². The Morgan fingerprint density at radius 2 is 1.52 bits per heavy atom. The Labute approximate surface area is 152 Å². The summed E-state index contributed by atoms with van der Waals surface area (Å²) in [4.78, 5) is 25.9. The first-order chi connectivity index (χ1) is 12.9. The van der Waals surface area contributed by atoms with Crippen LogP contribution in [0.5, 0.6) is 0 Å². The maximum atomic E-state index is 13.7. The molecule has 0 aliphatic carbocycles. The van der Waals surface area contributed by atoms with E-state index >= 15 is 0 Å². The molecule has 0 saturated carbocycles. The molecule has 8 heteroatoms. The molecular formula is C19H16F4N2O2. The Hall–Kier alpha value is -2.90. The molecule has 1 fully saturated rings. The molecule has 2 amide bonds.